The number of carbonyl (C=O) groups excluding carboxylic acids is 1. The third-order valence-corrected chi connectivity index (χ3v) is 4.36. The van der Waals surface area contributed by atoms with Crippen LogP contribution < -0.4 is 5.32 Å². The van der Waals surface area contributed by atoms with Crippen LogP contribution in [-0.2, 0) is 16.1 Å². The molecule has 0 aliphatic carbocycles. The molecule has 6 heteroatoms. The zero-order valence-corrected chi connectivity index (χ0v) is 13.0. The van der Waals surface area contributed by atoms with Crippen LogP contribution in [0.1, 0.15) is 6.42 Å². The number of ether oxygens (including phenoxy) is 1. The van der Waals surface area contributed by atoms with Gasteiger partial charge in [-0.1, -0.05) is 11.6 Å². The lowest BCUT2D eigenvalue weighted by Crippen LogP contribution is -2.53. The number of amides is 1. The maximum Gasteiger partial charge on any atom is 0.221 e. The molecule has 1 fully saturated rings. The molecule has 0 saturated carbocycles. The molecule has 2 aromatic rings. The number of carbonyl (C=O) groups is 1. The second-order valence-electron chi connectivity index (χ2n) is 5.89. The number of aromatic nitrogens is 1. The van der Waals surface area contributed by atoms with Crippen LogP contribution in [0.4, 0.5) is 0 Å². The molecule has 1 aliphatic rings. The van der Waals surface area contributed by atoms with Gasteiger partial charge in [0.1, 0.15) is 0 Å². The Morgan fingerprint density at radius 3 is 2.91 bits per heavy atom. The average molecular weight is 323 g/mol. The number of nitrogens with zero attached hydrogens (tertiary/aromatic N) is 1. The highest BCUT2D eigenvalue weighted by Gasteiger charge is 2.38. The first-order valence-corrected chi connectivity index (χ1v) is 7.69. The number of aliphatic hydroxyl groups is 1. The third kappa shape index (κ3) is 3.11. The summed E-state index contributed by atoms with van der Waals surface area (Å²) in [4.78, 5) is 12.0. The predicted octanol–water partition coefficient (Wildman–Crippen LogP) is 1.81. The molecule has 3 rings (SSSR count). The molecule has 22 heavy (non-hydrogen) atoms. The second kappa shape index (κ2) is 6.28. The van der Waals surface area contributed by atoms with Gasteiger partial charge in [0.15, 0.2) is 0 Å². The van der Waals surface area contributed by atoms with E-state index in [0.717, 1.165) is 10.9 Å². The molecule has 1 aromatic carbocycles. The highest BCUT2D eigenvalue weighted by molar-refractivity contribution is 6.31. The van der Waals surface area contributed by atoms with Crippen LogP contribution in [0.5, 0.6) is 0 Å². The van der Waals surface area contributed by atoms with Gasteiger partial charge in [0.25, 0.3) is 0 Å². The Kier molecular flexibility index (Phi) is 4.38. The number of aryl methyl sites for hydroxylation is 1. The van der Waals surface area contributed by atoms with Crippen LogP contribution >= 0.6 is 11.6 Å². The van der Waals surface area contributed by atoms with Crippen molar-refractivity contribution < 1.29 is 14.6 Å². The van der Waals surface area contributed by atoms with Crippen molar-refractivity contribution in [2.45, 2.75) is 13.0 Å². The summed E-state index contributed by atoms with van der Waals surface area (Å²) in [5.74, 6) is -0.0180. The number of halogens is 1. The normalized spacial score (nSPS) is 16.5. The first-order chi connectivity index (χ1) is 10.6. The van der Waals surface area contributed by atoms with Gasteiger partial charge < -0.3 is 19.7 Å². The highest BCUT2D eigenvalue weighted by Crippen LogP contribution is 2.25. The summed E-state index contributed by atoms with van der Waals surface area (Å²) in [7, 11) is 0. The van der Waals surface area contributed by atoms with Crippen LogP contribution in [0.3, 0.4) is 0 Å². The number of hydrogen-bond acceptors (Lipinski definition) is 3. The summed E-state index contributed by atoms with van der Waals surface area (Å²) in [6.45, 7) is 2.12. The number of fused-ring (bicyclic) bond motifs is 1. The van der Waals surface area contributed by atoms with E-state index >= 15 is 0 Å². The Bertz CT molecular complexity index is 674. The van der Waals surface area contributed by atoms with E-state index in [4.69, 9.17) is 16.3 Å². The van der Waals surface area contributed by atoms with Crippen molar-refractivity contribution in [2.24, 2.45) is 5.41 Å². The lowest BCUT2D eigenvalue weighted by Gasteiger charge is -2.39. The maximum absolute atomic E-state index is 12.0. The van der Waals surface area contributed by atoms with Crippen molar-refractivity contribution in [1.82, 2.24) is 9.88 Å². The Labute approximate surface area is 133 Å². The fraction of sp³-hybridized carbons (Fsp3) is 0.438. The fourth-order valence-corrected chi connectivity index (χ4v) is 2.78. The van der Waals surface area contributed by atoms with Crippen molar-refractivity contribution in [1.29, 1.82) is 0 Å². The molecule has 1 saturated heterocycles. The summed E-state index contributed by atoms with van der Waals surface area (Å²) < 4.78 is 7.15. The summed E-state index contributed by atoms with van der Waals surface area (Å²) in [6.07, 6.45) is 2.36. The van der Waals surface area contributed by atoms with Gasteiger partial charge in [0.05, 0.1) is 25.2 Å². The summed E-state index contributed by atoms with van der Waals surface area (Å²) in [6, 6.07) is 7.71. The van der Waals surface area contributed by atoms with Crippen molar-refractivity contribution >= 4 is 28.4 Å². The molecule has 2 heterocycles. The van der Waals surface area contributed by atoms with Gasteiger partial charge in [-0.3, -0.25) is 4.79 Å². The van der Waals surface area contributed by atoms with E-state index in [0.29, 0.717) is 37.7 Å². The molecule has 0 spiro atoms. The quantitative estimate of drug-likeness (QED) is 0.852. The zero-order valence-electron chi connectivity index (χ0n) is 12.2. The SMILES string of the molecule is O=C(CCn1ccc2cc(Cl)ccc21)NCC1(CO)COC1. The van der Waals surface area contributed by atoms with Gasteiger partial charge in [0.2, 0.25) is 5.91 Å². The molecule has 1 amide bonds. The number of nitrogens with one attached hydrogen (secondary N) is 1. The van der Waals surface area contributed by atoms with Crippen molar-refractivity contribution in [3.63, 3.8) is 0 Å². The monoisotopic (exact) mass is 322 g/mol. The first-order valence-electron chi connectivity index (χ1n) is 7.32. The average Bonchev–Trinajstić information content (AvgIpc) is 2.86. The molecule has 1 aromatic heterocycles. The van der Waals surface area contributed by atoms with Crippen molar-refractivity contribution in [3.05, 3.63) is 35.5 Å². The molecular weight excluding hydrogens is 304 g/mol. The van der Waals surface area contributed by atoms with Gasteiger partial charge in [-0.2, -0.15) is 0 Å². The van der Waals surface area contributed by atoms with E-state index in [1.54, 1.807) is 0 Å². The molecule has 5 nitrogen and oxygen atoms in total. The molecular formula is C16H19ClN2O3. The van der Waals surface area contributed by atoms with Crippen molar-refractivity contribution in [3.8, 4) is 0 Å². The molecule has 0 atom stereocenters. The number of hydrogen-bond donors (Lipinski definition) is 2. The zero-order chi connectivity index (χ0) is 15.6. The van der Waals surface area contributed by atoms with E-state index in [-0.39, 0.29) is 17.9 Å². The largest absolute Gasteiger partial charge is 0.396 e. The molecule has 0 unspecified atom stereocenters. The first kappa shape index (κ1) is 15.3. The van der Waals surface area contributed by atoms with E-state index < -0.39 is 0 Å². The second-order valence-corrected chi connectivity index (χ2v) is 6.33. The van der Waals surface area contributed by atoms with E-state index in [1.165, 1.54) is 0 Å². The number of aliphatic hydroxyl groups excluding tert-OH is 1. The molecule has 1 aliphatic heterocycles. The number of benzene rings is 1. The lowest BCUT2D eigenvalue weighted by molar-refractivity contribution is -0.140. The minimum Gasteiger partial charge on any atom is -0.396 e. The van der Waals surface area contributed by atoms with Gasteiger partial charge in [-0.15, -0.1) is 0 Å². The molecule has 118 valence electrons. The smallest absolute Gasteiger partial charge is 0.221 e. The number of rotatable bonds is 6. The van der Waals surface area contributed by atoms with Crippen LogP contribution in [0.2, 0.25) is 5.02 Å². The van der Waals surface area contributed by atoms with Gasteiger partial charge in [-0.05, 0) is 24.3 Å². The summed E-state index contributed by atoms with van der Waals surface area (Å²) in [5, 5.41) is 14.0. The van der Waals surface area contributed by atoms with Gasteiger partial charge in [0, 0.05) is 41.6 Å². The molecule has 0 radical (unpaired) electrons. The van der Waals surface area contributed by atoms with E-state index in [9.17, 15) is 9.90 Å². The molecule has 0 bridgehead atoms. The minimum atomic E-state index is -0.285. The summed E-state index contributed by atoms with van der Waals surface area (Å²) in [5.41, 5.74) is 0.781. The van der Waals surface area contributed by atoms with Gasteiger partial charge >= 0.3 is 0 Å². The van der Waals surface area contributed by atoms with Crippen molar-refractivity contribution in [2.75, 3.05) is 26.4 Å². The predicted molar refractivity (Wildman–Crippen MR) is 84.9 cm³/mol. The Morgan fingerprint density at radius 2 is 2.23 bits per heavy atom. The molecule has 2 N–H and O–H groups in total. The Balaban J connectivity index is 1.54. The lowest BCUT2D eigenvalue weighted by atomic mass is 9.87. The third-order valence-electron chi connectivity index (χ3n) is 4.13. The van der Waals surface area contributed by atoms with Crippen LogP contribution in [-0.4, -0.2) is 41.9 Å². The Morgan fingerprint density at radius 1 is 1.41 bits per heavy atom. The summed E-state index contributed by atoms with van der Waals surface area (Å²) >= 11 is 5.97. The van der Waals surface area contributed by atoms with Crippen LogP contribution in [0.15, 0.2) is 30.5 Å². The van der Waals surface area contributed by atoms with E-state index in [2.05, 4.69) is 5.32 Å². The topological polar surface area (TPSA) is 63.5 Å². The maximum atomic E-state index is 12.0. The van der Waals surface area contributed by atoms with Crippen LogP contribution in [0, 0.1) is 5.41 Å². The minimum absolute atomic E-state index is 0.0180. The highest BCUT2D eigenvalue weighted by atomic mass is 35.5. The van der Waals surface area contributed by atoms with E-state index in [1.807, 2.05) is 35.0 Å². The fourth-order valence-electron chi connectivity index (χ4n) is 2.60. The Hall–Kier alpha value is -1.56. The van der Waals surface area contributed by atoms with Gasteiger partial charge in [-0.25, -0.2) is 0 Å². The standard InChI is InChI=1S/C16H19ClN2O3/c17-13-1-2-14-12(7-13)3-5-19(14)6-4-15(21)18-8-16(9-20)10-22-11-16/h1-3,5,7,20H,4,6,8-11H2,(H,18,21). The van der Waals surface area contributed by atoms with Crippen LogP contribution in [0.25, 0.3) is 10.9 Å².